The van der Waals surface area contributed by atoms with Gasteiger partial charge in [-0.2, -0.15) is 0 Å². The number of rotatable bonds is 6. The zero-order chi connectivity index (χ0) is 14.6. The van der Waals surface area contributed by atoms with Crippen molar-refractivity contribution in [2.75, 3.05) is 5.32 Å². The van der Waals surface area contributed by atoms with Crippen molar-refractivity contribution in [3.8, 4) is 0 Å². The molecule has 4 nitrogen and oxygen atoms in total. The van der Waals surface area contributed by atoms with Crippen LogP contribution in [0.5, 0.6) is 0 Å². The lowest BCUT2D eigenvalue weighted by atomic mass is 10.1. The fourth-order valence-electron chi connectivity index (χ4n) is 1.54. The Labute approximate surface area is 116 Å². The Kier molecular flexibility index (Phi) is 5.38. The minimum absolute atomic E-state index is 0.108. The van der Waals surface area contributed by atoms with Gasteiger partial charge in [-0.05, 0) is 51.0 Å². The number of nitrogens with one attached hydrogen (secondary N) is 2. The van der Waals surface area contributed by atoms with Crippen LogP contribution in [0.3, 0.4) is 0 Å². The quantitative estimate of drug-likeness (QED) is 0.844. The molecule has 1 aromatic rings. The van der Waals surface area contributed by atoms with Crippen molar-refractivity contribution in [3.05, 3.63) is 24.3 Å². The molecule has 19 heavy (non-hydrogen) atoms. The fraction of sp³-hybridized carbons (Fsp3) is 0.571. The normalized spacial score (nSPS) is 13.8. The van der Waals surface area contributed by atoms with E-state index in [1.807, 2.05) is 0 Å². The van der Waals surface area contributed by atoms with E-state index in [4.69, 9.17) is 0 Å². The average molecular weight is 284 g/mol. The van der Waals surface area contributed by atoms with E-state index in [9.17, 15) is 8.42 Å². The fourth-order valence-corrected chi connectivity index (χ4v) is 2.79. The molecule has 5 heteroatoms. The number of hydrogen-bond acceptors (Lipinski definition) is 3. The molecule has 0 heterocycles. The maximum absolute atomic E-state index is 12.0. The van der Waals surface area contributed by atoms with Crippen LogP contribution in [0.25, 0.3) is 0 Å². The van der Waals surface area contributed by atoms with Crippen LogP contribution in [0.1, 0.15) is 34.6 Å². The Morgan fingerprint density at radius 2 is 1.47 bits per heavy atom. The summed E-state index contributed by atoms with van der Waals surface area (Å²) >= 11 is 0. The highest BCUT2D eigenvalue weighted by atomic mass is 32.2. The van der Waals surface area contributed by atoms with E-state index < -0.39 is 10.0 Å². The average Bonchev–Trinajstić information content (AvgIpc) is 2.27. The van der Waals surface area contributed by atoms with Crippen LogP contribution in [-0.4, -0.2) is 20.5 Å². The minimum atomic E-state index is -3.40. The summed E-state index contributed by atoms with van der Waals surface area (Å²) in [5.74, 6) is 0.519. The van der Waals surface area contributed by atoms with Gasteiger partial charge in [-0.3, -0.25) is 0 Å². The summed E-state index contributed by atoms with van der Waals surface area (Å²) in [6.07, 6.45) is 0. The van der Waals surface area contributed by atoms with Gasteiger partial charge in [0.25, 0.3) is 0 Å². The van der Waals surface area contributed by atoms with Crippen LogP contribution in [0.2, 0.25) is 0 Å². The molecule has 1 aromatic carbocycles. The van der Waals surface area contributed by atoms with Crippen LogP contribution in [0.4, 0.5) is 5.69 Å². The summed E-state index contributed by atoms with van der Waals surface area (Å²) in [5, 5.41) is 3.35. The van der Waals surface area contributed by atoms with E-state index >= 15 is 0 Å². The molecular formula is C14H24N2O2S. The highest BCUT2D eigenvalue weighted by Crippen LogP contribution is 2.16. The van der Waals surface area contributed by atoms with E-state index in [-0.39, 0.29) is 6.04 Å². The van der Waals surface area contributed by atoms with Crippen LogP contribution < -0.4 is 10.0 Å². The van der Waals surface area contributed by atoms with Gasteiger partial charge in [-0.1, -0.05) is 13.8 Å². The van der Waals surface area contributed by atoms with Gasteiger partial charge in [0.05, 0.1) is 4.90 Å². The van der Waals surface area contributed by atoms with Gasteiger partial charge in [0, 0.05) is 17.8 Å². The van der Waals surface area contributed by atoms with E-state index in [1.165, 1.54) is 0 Å². The zero-order valence-electron chi connectivity index (χ0n) is 12.3. The molecular weight excluding hydrogens is 260 g/mol. The van der Waals surface area contributed by atoms with Gasteiger partial charge in [0.2, 0.25) is 10.0 Å². The number of anilines is 1. The highest BCUT2D eigenvalue weighted by molar-refractivity contribution is 7.89. The summed E-state index contributed by atoms with van der Waals surface area (Å²) in [5.41, 5.74) is 0.935. The largest absolute Gasteiger partial charge is 0.382 e. The first-order valence-corrected chi connectivity index (χ1v) is 8.09. The van der Waals surface area contributed by atoms with Gasteiger partial charge in [-0.25, -0.2) is 13.1 Å². The maximum atomic E-state index is 12.0. The predicted molar refractivity (Wildman–Crippen MR) is 79.8 cm³/mol. The molecule has 0 radical (unpaired) electrons. The summed E-state index contributed by atoms with van der Waals surface area (Å²) in [7, 11) is -3.40. The van der Waals surface area contributed by atoms with Crippen LogP contribution >= 0.6 is 0 Å². The number of sulfonamides is 1. The Balaban J connectivity index is 2.82. The van der Waals surface area contributed by atoms with Crippen molar-refractivity contribution in [2.24, 2.45) is 5.92 Å². The van der Waals surface area contributed by atoms with Crippen molar-refractivity contribution >= 4 is 15.7 Å². The van der Waals surface area contributed by atoms with Crippen molar-refractivity contribution in [2.45, 2.75) is 51.6 Å². The first-order chi connectivity index (χ1) is 8.72. The molecule has 108 valence electrons. The lowest BCUT2D eigenvalue weighted by Gasteiger charge is -2.19. The molecule has 0 aliphatic rings. The lowest BCUT2D eigenvalue weighted by molar-refractivity contribution is 0.560. The van der Waals surface area contributed by atoms with E-state index in [2.05, 4.69) is 30.8 Å². The van der Waals surface area contributed by atoms with Crippen LogP contribution in [-0.2, 0) is 10.0 Å². The van der Waals surface area contributed by atoms with Gasteiger partial charge in [0.15, 0.2) is 0 Å². The predicted octanol–water partition coefficient (Wildman–Crippen LogP) is 2.83. The SMILES string of the molecule is CC(C)NS(=O)(=O)c1ccc(NC(C)C(C)C)cc1. The highest BCUT2D eigenvalue weighted by Gasteiger charge is 2.15. The molecule has 0 amide bonds. The second-order valence-electron chi connectivity index (χ2n) is 5.48. The number of benzene rings is 1. The van der Waals surface area contributed by atoms with Crippen molar-refractivity contribution < 1.29 is 8.42 Å². The third-order valence-electron chi connectivity index (χ3n) is 2.95. The first-order valence-electron chi connectivity index (χ1n) is 6.61. The molecule has 0 saturated carbocycles. The zero-order valence-corrected chi connectivity index (χ0v) is 13.1. The van der Waals surface area contributed by atoms with E-state index in [0.717, 1.165) is 5.69 Å². The topological polar surface area (TPSA) is 58.2 Å². The summed E-state index contributed by atoms with van der Waals surface area (Å²) in [6, 6.07) is 7.09. The molecule has 0 bridgehead atoms. The van der Waals surface area contributed by atoms with Crippen molar-refractivity contribution in [1.29, 1.82) is 0 Å². The minimum Gasteiger partial charge on any atom is -0.382 e. The smallest absolute Gasteiger partial charge is 0.240 e. The molecule has 0 aliphatic heterocycles. The van der Waals surface area contributed by atoms with Gasteiger partial charge in [0.1, 0.15) is 0 Å². The molecule has 0 spiro atoms. The molecule has 1 rings (SSSR count). The maximum Gasteiger partial charge on any atom is 0.240 e. The van der Waals surface area contributed by atoms with E-state index in [1.54, 1.807) is 38.1 Å². The molecule has 0 aromatic heterocycles. The van der Waals surface area contributed by atoms with Crippen LogP contribution in [0.15, 0.2) is 29.2 Å². The standard InChI is InChI=1S/C14H24N2O2S/c1-10(2)12(5)15-13-6-8-14(9-7-13)19(17,18)16-11(3)4/h6-12,15-16H,1-5H3. The third kappa shape index (κ3) is 4.84. The first kappa shape index (κ1) is 16.0. The van der Waals surface area contributed by atoms with Crippen LogP contribution in [0, 0.1) is 5.92 Å². The summed E-state index contributed by atoms with van der Waals surface area (Å²) < 4.78 is 26.5. The summed E-state index contributed by atoms with van der Waals surface area (Å²) in [4.78, 5) is 0.295. The van der Waals surface area contributed by atoms with Gasteiger partial charge >= 0.3 is 0 Å². The van der Waals surface area contributed by atoms with Gasteiger partial charge in [-0.15, -0.1) is 0 Å². The Hall–Kier alpha value is -1.07. The third-order valence-corrected chi connectivity index (χ3v) is 4.62. The molecule has 1 atom stereocenters. The Bertz CT molecular complexity index is 493. The molecule has 0 aliphatic carbocycles. The van der Waals surface area contributed by atoms with Gasteiger partial charge < -0.3 is 5.32 Å². The second kappa shape index (κ2) is 6.39. The number of hydrogen-bond donors (Lipinski definition) is 2. The second-order valence-corrected chi connectivity index (χ2v) is 7.19. The van der Waals surface area contributed by atoms with Crippen molar-refractivity contribution in [1.82, 2.24) is 4.72 Å². The molecule has 0 fully saturated rings. The molecule has 2 N–H and O–H groups in total. The molecule has 1 unspecified atom stereocenters. The van der Waals surface area contributed by atoms with Crippen molar-refractivity contribution in [3.63, 3.8) is 0 Å². The lowest BCUT2D eigenvalue weighted by Crippen LogP contribution is -2.30. The Morgan fingerprint density at radius 1 is 0.947 bits per heavy atom. The monoisotopic (exact) mass is 284 g/mol. The molecule has 0 saturated heterocycles. The Morgan fingerprint density at radius 3 is 1.89 bits per heavy atom. The van der Waals surface area contributed by atoms with E-state index in [0.29, 0.717) is 16.9 Å². The summed E-state index contributed by atoms with van der Waals surface area (Å²) in [6.45, 7) is 10.00.